The van der Waals surface area contributed by atoms with Gasteiger partial charge in [0.2, 0.25) is 11.8 Å². The summed E-state index contributed by atoms with van der Waals surface area (Å²) >= 11 is 18.0. The molecule has 2 N–H and O–H groups in total. The normalized spacial score (nSPS) is 14.9. The maximum Gasteiger partial charge on any atom is 0.259 e. The third-order valence-electron chi connectivity index (χ3n) is 5.12. The third kappa shape index (κ3) is 4.64. The number of halogens is 2. The fourth-order valence-corrected chi connectivity index (χ4v) is 4.35. The second kappa shape index (κ2) is 9.35. The van der Waals surface area contributed by atoms with Crippen molar-refractivity contribution in [2.75, 3.05) is 14.2 Å². The SMILES string of the molecule is CC1(C)C(=O)N(c2ccc(C#N)c(Cl)c2)C(=S)N1c1cccc(N(Cl)C(=O)CCC(N)=O)c1. The summed E-state index contributed by atoms with van der Waals surface area (Å²) in [6, 6.07) is 13.3. The minimum atomic E-state index is -1.07. The van der Waals surface area contributed by atoms with Gasteiger partial charge in [-0.1, -0.05) is 17.7 Å². The fraction of sp³-hybridized carbons (Fsp3) is 0.227. The molecule has 1 saturated heterocycles. The molecule has 0 spiro atoms. The molecule has 11 heteroatoms. The first-order valence-corrected chi connectivity index (χ1v) is 10.9. The van der Waals surface area contributed by atoms with Gasteiger partial charge in [-0.05, 0) is 62.5 Å². The van der Waals surface area contributed by atoms with Crippen molar-refractivity contribution >= 4 is 75.5 Å². The Morgan fingerprint density at radius 3 is 2.48 bits per heavy atom. The highest BCUT2D eigenvalue weighted by Crippen LogP contribution is 2.38. The van der Waals surface area contributed by atoms with Crippen LogP contribution >= 0.6 is 35.6 Å². The molecule has 3 rings (SSSR count). The second-order valence-corrected chi connectivity index (χ2v) is 8.86. The summed E-state index contributed by atoms with van der Waals surface area (Å²) in [5.74, 6) is -1.40. The van der Waals surface area contributed by atoms with E-state index in [0.29, 0.717) is 17.1 Å². The van der Waals surface area contributed by atoms with Crippen LogP contribution in [0.1, 0.15) is 32.3 Å². The van der Waals surface area contributed by atoms with Gasteiger partial charge in [-0.3, -0.25) is 19.3 Å². The molecule has 2 aromatic carbocycles. The van der Waals surface area contributed by atoms with Crippen LogP contribution in [-0.2, 0) is 14.4 Å². The number of rotatable bonds is 6. The molecular formula is C22H19Cl2N5O3S. The van der Waals surface area contributed by atoms with E-state index in [1.165, 1.54) is 17.0 Å². The number of hydrogen-bond acceptors (Lipinski definition) is 5. The highest BCUT2D eigenvalue weighted by molar-refractivity contribution is 7.81. The van der Waals surface area contributed by atoms with E-state index < -0.39 is 17.4 Å². The third-order valence-corrected chi connectivity index (χ3v) is 6.18. The molecule has 1 aliphatic rings. The molecule has 1 heterocycles. The molecule has 0 saturated carbocycles. The number of primary amides is 1. The quantitative estimate of drug-likeness (QED) is 0.472. The summed E-state index contributed by atoms with van der Waals surface area (Å²) in [6.45, 7) is 3.44. The van der Waals surface area contributed by atoms with E-state index in [4.69, 9.17) is 46.6 Å². The van der Waals surface area contributed by atoms with Crippen LogP contribution in [-0.4, -0.2) is 28.4 Å². The van der Waals surface area contributed by atoms with Crippen LogP contribution in [0.4, 0.5) is 17.1 Å². The van der Waals surface area contributed by atoms with Gasteiger partial charge in [-0.25, -0.2) is 4.42 Å². The van der Waals surface area contributed by atoms with Crippen molar-refractivity contribution in [1.82, 2.24) is 0 Å². The summed E-state index contributed by atoms with van der Waals surface area (Å²) in [5, 5.41) is 9.52. The van der Waals surface area contributed by atoms with E-state index in [1.807, 2.05) is 6.07 Å². The maximum atomic E-state index is 13.3. The average Bonchev–Trinajstić information content (AvgIpc) is 2.95. The van der Waals surface area contributed by atoms with Gasteiger partial charge in [0.15, 0.2) is 5.11 Å². The molecule has 0 aromatic heterocycles. The van der Waals surface area contributed by atoms with Gasteiger partial charge in [0, 0.05) is 30.3 Å². The standard InChI is InChI=1S/C22H19Cl2N5O3S/c1-22(2)20(32)27(14-7-6-13(12-25)17(23)11-14)21(33)28(22)15-4-3-5-16(10-15)29(24)19(31)9-8-18(26)30/h3-7,10-11H,8-9H2,1-2H3,(H2,26,30). The van der Waals surface area contributed by atoms with E-state index in [1.54, 1.807) is 49.1 Å². The van der Waals surface area contributed by atoms with Crippen LogP contribution in [0.15, 0.2) is 42.5 Å². The van der Waals surface area contributed by atoms with Gasteiger partial charge in [0.05, 0.1) is 22.0 Å². The number of thiocarbonyl (C=S) groups is 1. The van der Waals surface area contributed by atoms with Gasteiger partial charge in [0.25, 0.3) is 5.91 Å². The second-order valence-electron chi connectivity index (χ2n) is 7.75. The van der Waals surface area contributed by atoms with Crippen LogP contribution in [0.5, 0.6) is 0 Å². The van der Waals surface area contributed by atoms with E-state index >= 15 is 0 Å². The highest BCUT2D eigenvalue weighted by Gasteiger charge is 2.50. The molecule has 0 aliphatic carbocycles. The summed E-state index contributed by atoms with van der Waals surface area (Å²) in [7, 11) is 0. The van der Waals surface area contributed by atoms with Crippen molar-refractivity contribution in [3.05, 3.63) is 53.1 Å². The number of anilines is 3. The lowest BCUT2D eigenvalue weighted by atomic mass is 10.0. The average molecular weight is 504 g/mol. The molecule has 0 atom stereocenters. The monoisotopic (exact) mass is 503 g/mol. The number of nitrogens with zero attached hydrogens (tertiary/aromatic N) is 4. The Bertz CT molecular complexity index is 1210. The van der Waals surface area contributed by atoms with Crippen molar-refractivity contribution in [1.29, 1.82) is 5.26 Å². The molecule has 2 aromatic rings. The number of hydrogen-bond donors (Lipinski definition) is 1. The molecule has 1 aliphatic heterocycles. The lowest BCUT2D eigenvalue weighted by molar-refractivity contribution is -0.122. The summed E-state index contributed by atoms with van der Waals surface area (Å²) in [4.78, 5) is 39.6. The van der Waals surface area contributed by atoms with Crippen LogP contribution in [0, 0.1) is 11.3 Å². The summed E-state index contributed by atoms with van der Waals surface area (Å²) in [6.07, 6.45) is -0.260. The van der Waals surface area contributed by atoms with Crippen molar-refractivity contribution < 1.29 is 14.4 Å². The Morgan fingerprint density at radius 2 is 1.88 bits per heavy atom. The van der Waals surface area contributed by atoms with Crippen molar-refractivity contribution in [2.24, 2.45) is 5.73 Å². The predicted molar refractivity (Wildman–Crippen MR) is 131 cm³/mol. The molecule has 0 unspecified atom stereocenters. The van der Waals surface area contributed by atoms with Crippen LogP contribution in [0.25, 0.3) is 0 Å². The fourth-order valence-electron chi connectivity index (χ4n) is 3.42. The number of carbonyl (C=O) groups is 3. The van der Waals surface area contributed by atoms with Crippen molar-refractivity contribution in [3.63, 3.8) is 0 Å². The maximum absolute atomic E-state index is 13.3. The van der Waals surface area contributed by atoms with Crippen molar-refractivity contribution in [3.8, 4) is 6.07 Å². The highest BCUT2D eigenvalue weighted by atomic mass is 35.5. The van der Waals surface area contributed by atoms with Crippen molar-refractivity contribution in [2.45, 2.75) is 32.2 Å². The Labute approximate surface area is 206 Å². The van der Waals surface area contributed by atoms with Crippen LogP contribution in [0.3, 0.4) is 0 Å². The minimum Gasteiger partial charge on any atom is -0.370 e. The number of nitriles is 1. The Kier molecular flexibility index (Phi) is 6.93. The van der Waals surface area contributed by atoms with E-state index in [9.17, 15) is 14.4 Å². The van der Waals surface area contributed by atoms with Gasteiger partial charge < -0.3 is 10.6 Å². The summed E-state index contributed by atoms with van der Waals surface area (Å²) < 4.78 is 0.901. The Balaban J connectivity index is 1.96. The molecule has 0 radical (unpaired) electrons. The van der Waals surface area contributed by atoms with Gasteiger partial charge in [0.1, 0.15) is 11.6 Å². The molecular weight excluding hydrogens is 485 g/mol. The largest absolute Gasteiger partial charge is 0.370 e. The van der Waals surface area contributed by atoms with Gasteiger partial charge in [-0.2, -0.15) is 5.26 Å². The minimum absolute atomic E-state index is 0.123. The molecule has 8 nitrogen and oxygen atoms in total. The molecule has 170 valence electrons. The zero-order chi connectivity index (χ0) is 24.5. The first-order chi connectivity index (χ1) is 15.5. The molecule has 3 amide bonds. The molecule has 33 heavy (non-hydrogen) atoms. The number of benzene rings is 2. The number of amides is 3. The number of nitrogens with two attached hydrogens (primary N) is 1. The lowest BCUT2D eigenvalue weighted by Crippen LogP contribution is -2.44. The van der Waals surface area contributed by atoms with E-state index in [2.05, 4.69) is 0 Å². The predicted octanol–water partition coefficient (Wildman–Crippen LogP) is 3.88. The van der Waals surface area contributed by atoms with Gasteiger partial charge in [-0.15, -0.1) is 0 Å². The Hall–Kier alpha value is -3.19. The summed E-state index contributed by atoms with van der Waals surface area (Å²) in [5.41, 5.74) is 5.62. The van der Waals surface area contributed by atoms with Crippen LogP contribution in [0.2, 0.25) is 5.02 Å². The molecule has 1 fully saturated rings. The van der Waals surface area contributed by atoms with Gasteiger partial charge >= 0.3 is 0 Å². The number of carbonyl (C=O) groups excluding carboxylic acids is 3. The first-order valence-electron chi connectivity index (χ1n) is 9.74. The topological polar surface area (TPSA) is 111 Å². The zero-order valence-corrected chi connectivity index (χ0v) is 20.0. The lowest BCUT2D eigenvalue weighted by Gasteiger charge is -2.30. The molecule has 0 bridgehead atoms. The first kappa shape index (κ1) is 24.5. The van der Waals surface area contributed by atoms with Crippen LogP contribution < -0.4 is 20.0 Å². The smallest absolute Gasteiger partial charge is 0.259 e. The Morgan fingerprint density at radius 1 is 1.18 bits per heavy atom. The zero-order valence-electron chi connectivity index (χ0n) is 17.7. The van der Waals surface area contributed by atoms with E-state index in [0.717, 1.165) is 4.42 Å². The van der Waals surface area contributed by atoms with E-state index in [-0.39, 0.29) is 34.4 Å².